The average Bonchev–Trinajstić information content (AvgIpc) is 2.82. The van der Waals surface area contributed by atoms with E-state index >= 15 is 0 Å². The minimum absolute atomic E-state index is 0.122. The first-order valence-electron chi connectivity index (χ1n) is 8.34. The van der Waals surface area contributed by atoms with Crippen LogP contribution >= 0.6 is 0 Å². The Morgan fingerprint density at radius 3 is 2.00 bits per heavy atom. The molecule has 0 amide bonds. The standard InChI is InChI=1S/C22H27N/c1-8-14-11-16(22(5,6)7)13-18-17-12-15(21(2,3)4)9-10-19(17)23-20(14)18/h8-13,23H,1H2,2-7H3. The van der Waals surface area contributed by atoms with E-state index in [1.165, 1.54) is 38.5 Å². The van der Waals surface area contributed by atoms with Crippen molar-refractivity contribution < 1.29 is 0 Å². The smallest absolute Gasteiger partial charge is 0.0538 e. The van der Waals surface area contributed by atoms with Gasteiger partial charge in [0.2, 0.25) is 0 Å². The molecule has 1 heterocycles. The quantitative estimate of drug-likeness (QED) is 0.524. The van der Waals surface area contributed by atoms with E-state index in [1.54, 1.807) is 0 Å². The molecule has 120 valence electrons. The highest BCUT2D eigenvalue weighted by Gasteiger charge is 2.19. The first kappa shape index (κ1) is 15.9. The summed E-state index contributed by atoms with van der Waals surface area (Å²) >= 11 is 0. The van der Waals surface area contributed by atoms with Gasteiger partial charge in [0.05, 0.1) is 5.52 Å². The summed E-state index contributed by atoms with van der Waals surface area (Å²) in [5, 5.41) is 2.61. The van der Waals surface area contributed by atoms with Gasteiger partial charge in [-0.1, -0.05) is 60.3 Å². The van der Waals surface area contributed by atoms with Crippen molar-refractivity contribution in [2.75, 3.05) is 0 Å². The van der Waals surface area contributed by atoms with Crippen LogP contribution in [0.15, 0.2) is 36.9 Å². The largest absolute Gasteiger partial charge is 0.354 e. The number of aromatic nitrogens is 1. The van der Waals surface area contributed by atoms with Gasteiger partial charge in [-0.05, 0) is 51.8 Å². The fourth-order valence-electron chi connectivity index (χ4n) is 3.09. The zero-order valence-electron chi connectivity index (χ0n) is 15.2. The Morgan fingerprint density at radius 1 is 0.826 bits per heavy atom. The molecule has 1 N–H and O–H groups in total. The highest BCUT2D eigenvalue weighted by molar-refractivity contribution is 6.10. The number of nitrogens with one attached hydrogen (secondary N) is 1. The Bertz CT molecular complexity index is 895. The van der Waals surface area contributed by atoms with Crippen LogP contribution in [0.3, 0.4) is 0 Å². The normalized spacial score (nSPS) is 13.0. The van der Waals surface area contributed by atoms with Crippen LogP contribution in [0.1, 0.15) is 58.2 Å². The van der Waals surface area contributed by atoms with Crippen LogP contribution in [0.4, 0.5) is 0 Å². The maximum Gasteiger partial charge on any atom is 0.0538 e. The van der Waals surface area contributed by atoms with Crippen LogP contribution in [0.25, 0.3) is 27.9 Å². The van der Waals surface area contributed by atoms with Crippen molar-refractivity contribution in [1.29, 1.82) is 0 Å². The lowest BCUT2D eigenvalue weighted by Gasteiger charge is -2.20. The maximum absolute atomic E-state index is 4.01. The van der Waals surface area contributed by atoms with Crippen LogP contribution < -0.4 is 0 Å². The van der Waals surface area contributed by atoms with Gasteiger partial charge < -0.3 is 4.98 Å². The minimum Gasteiger partial charge on any atom is -0.354 e. The molecular formula is C22H27N. The molecule has 2 aromatic carbocycles. The lowest BCUT2D eigenvalue weighted by atomic mass is 9.84. The summed E-state index contributed by atoms with van der Waals surface area (Å²) in [5.41, 5.74) is 6.56. The molecule has 0 atom stereocenters. The fraction of sp³-hybridized carbons (Fsp3) is 0.364. The van der Waals surface area contributed by atoms with Crippen LogP contribution in [-0.2, 0) is 10.8 Å². The molecule has 0 fully saturated rings. The second kappa shape index (κ2) is 4.99. The number of aromatic amines is 1. The van der Waals surface area contributed by atoms with Crippen molar-refractivity contribution in [3.05, 3.63) is 53.6 Å². The van der Waals surface area contributed by atoms with Gasteiger partial charge >= 0.3 is 0 Å². The van der Waals surface area contributed by atoms with Gasteiger partial charge in [0, 0.05) is 16.3 Å². The van der Waals surface area contributed by atoms with Crippen molar-refractivity contribution >= 4 is 27.9 Å². The first-order chi connectivity index (χ1) is 10.6. The lowest BCUT2D eigenvalue weighted by molar-refractivity contribution is 0.590. The van der Waals surface area contributed by atoms with E-state index < -0.39 is 0 Å². The Balaban J connectivity index is 2.41. The monoisotopic (exact) mass is 305 g/mol. The van der Waals surface area contributed by atoms with Crippen molar-refractivity contribution in [3.8, 4) is 0 Å². The van der Waals surface area contributed by atoms with Gasteiger partial charge in [-0.3, -0.25) is 0 Å². The fourth-order valence-corrected chi connectivity index (χ4v) is 3.09. The van der Waals surface area contributed by atoms with E-state index in [1.807, 2.05) is 6.08 Å². The van der Waals surface area contributed by atoms with Crippen LogP contribution in [0.5, 0.6) is 0 Å². The molecule has 0 aliphatic rings. The summed E-state index contributed by atoms with van der Waals surface area (Å²) in [5.74, 6) is 0. The molecule has 0 aliphatic carbocycles. The van der Waals surface area contributed by atoms with E-state index in [0.29, 0.717) is 0 Å². The lowest BCUT2D eigenvalue weighted by Crippen LogP contribution is -2.11. The van der Waals surface area contributed by atoms with Gasteiger partial charge in [-0.25, -0.2) is 0 Å². The van der Waals surface area contributed by atoms with E-state index in [0.717, 1.165) is 0 Å². The van der Waals surface area contributed by atoms with Gasteiger partial charge in [0.25, 0.3) is 0 Å². The van der Waals surface area contributed by atoms with Crippen LogP contribution in [-0.4, -0.2) is 4.98 Å². The SMILES string of the molecule is C=Cc1cc(C(C)(C)C)cc2c1[nH]c1ccc(C(C)(C)C)cc12. The molecular weight excluding hydrogens is 278 g/mol. The summed E-state index contributed by atoms with van der Waals surface area (Å²) in [6, 6.07) is 11.4. The third-order valence-corrected chi connectivity index (χ3v) is 4.69. The molecule has 0 unspecified atom stereocenters. The Kier molecular flexibility index (Phi) is 3.44. The summed E-state index contributed by atoms with van der Waals surface area (Å²) in [6.07, 6.45) is 1.96. The van der Waals surface area contributed by atoms with Crippen LogP contribution in [0.2, 0.25) is 0 Å². The molecule has 23 heavy (non-hydrogen) atoms. The highest BCUT2D eigenvalue weighted by Crippen LogP contribution is 2.35. The van der Waals surface area contributed by atoms with Gasteiger partial charge in [-0.15, -0.1) is 0 Å². The molecule has 0 aliphatic heterocycles. The Morgan fingerprint density at radius 2 is 1.43 bits per heavy atom. The topological polar surface area (TPSA) is 15.8 Å². The number of H-pyrrole nitrogens is 1. The average molecular weight is 305 g/mol. The second-order valence-corrected chi connectivity index (χ2v) is 8.58. The molecule has 0 saturated carbocycles. The predicted molar refractivity (Wildman–Crippen MR) is 103 cm³/mol. The maximum atomic E-state index is 4.01. The predicted octanol–water partition coefficient (Wildman–Crippen LogP) is 6.56. The zero-order valence-corrected chi connectivity index (χ0v) is 15.2. The first-order valence-corrected chi connectivity index (χ1v) is 8.34. The number of hydrogen-bond acceptors (Lipinski definition) is 0. The second-order valence-electron chi connectivity index (χ2n) is 8.58. The van der Waals surface area contributed by atoms with E-state index in [9.17, 15) is 0 Å². The Hall–Kier alpha value is -2.02. The summed E-state index contributed by atoms with van der Waals surface area (Å²) in [4.78, 5) is 3.58. The summed E-state index contributed by atoms with van der Waals surface area (Å²) < 4.78 is 0. The van der Waals surface area contributed by atoms with E-state index in [4.69, 9.17) is 0 Å². The van der Waals surface area contributed by atoms with Crippen molar-refractivity contribution in [2.45, 2.75) is 52.4 Å². The molecule has 0 radical (unpaired) electrons. The zero-order chi connectivity index (χ0) is 17.0. The summed E-state index contributed by atoms with van der Waals surface area (Å²) in [6.45, 7) is 17.6. The number of hydrogen-bond donors (Lipinski definition) is 1. The third-order valence-electron chi connectivity index (χ3n) is 4.69. The highest BCUT2D eigenvalue weighted by atomic mass is 14.7. The molecule has 3 aromatic rings. The van der Waals surface area contributed by atoms with Crippen molar-refractivity contribution in [2.24, 2.45) is 0 Å². The number of rotatable bonds is 1. The van der Waals surface area contributed by atoms with Gasteiger partial charge in [0.1, 0.15) is 0 Å². The third kappa shape index (κ3) is 2.69. The van der Waals surface area contributed by atoms with Gasteiger partial charge in [0.15, 0.2) is 0 Å². The molecule has 1 heteroatoms. The van der Waals surface area contributed by atoms with E-state index in [2.05, 4.69) is 83.4 Å². The number of benzene rings is 2. The van der Waals surface area contributed by atoms with Crippen molar-refractivity contribution in [3.63, 3.8) is 0 Å². The van der Waals surface area contributed by atoms with Crippen molar-refractivity contribution in [1.82, 2.24) is 4.98 Å². The van der Waals surface area contributed by atoms with Gasteiger partial charge in [-0.2, -0.15) is 0 Å². The number of fused-ring (bicyclic) bond motifs is 3. The molecule has 0 saturated heterocycles. The molecule has 1 aromatic heterocycles. The Labute approximate surface area is 139 Å². The minimum atomic E-state index is 0.122. The van der Waals surface area contributed by atoms with E-state index in [-0.39, 0.29) is 10.8 Å². The molecule has 1 nitrogen and oxygen atoms in total. The molecule has 0 bridgehead atoms. The molecule has 0 spiro atoms. The molecule has 3 rings (SSSR count). The van der Waals surface area contributed by atoms with Crippen LogP contribution in [0, 0.1) is 0 Å². The summed E-state index contributed by atoms with van der Waals surface area (Å²) in [7, 11) is 0.